The zero-order valence-electron chi connectivity index (χ0n) is 22.1. The van der Waals surface area contributed by atoms with E-state index in [1.807, 2.05) is 47.4 Å². The van der Waals surface area contributed by atoms with Gasteiger partial charge in [0.25, 0.3) is 0 Å². The van der Waals surface area contributed by atoms with Gasteiger partial charge in [0, 0.05) is 25.4 Å². The third-order valence-corrected chi connectivity index (χ3v) is 7.12. The molecule has 37 heavy (non-hydrogen) atoms. The molecule has 5 rings (SSSR count). The van der Waals surface area contributed by atoms with Gasteiger partial charge in [-0.2, -0.15) is 0 Å². The summed E-state index contributed by atoms with van der Waals surface area (Å²) in [5.41, 5.74) is 5.31. The van der Waals surface area contributed by atoms with Gasteiger partial charge in [-0.05, 0) is 60.7 Å². The van der Waals surface area contributed by atoms with Gasteiger partial charge in [-0.25, -0.2) is 4.98 Å². The molecule has 1 saturated heterocycles. The third kappa shape index (κ3) is 5.06. The van der Waals surface area contributed by atoms with Crippen LogP contribution in [-0.2, 0) is 11.3 Å². The number of para-hydroxylation sites is 4. The molecule has 0 saturated carbocycles. The predicted molar refractivity (Wildman–Crippen MR) is 148 cm³/mol. The smallest absolute Gasteiger partial charge is 0.227 e. The number of amides is 1. The number of carbonyl (C=O) groups is 1. The molecular formula is C31H35N3O3. The average Bonchev–Trinajstić information content (AvgIpc) is 3.46. The fourth-order valence-corrected chi connectivity index (χ4v) is 5.26. The number of aryl methyl sites for hydroxylation is 2. The van der Waals surface area contributed by atoms with E-state index in [9.17, 15) is 4.79 Å². The molecule has 1 aliphatic rings. The number of benzene rings is 3. The van der Waals surface area contributed by atoms with Crippen molar-refractivity contribution in [2.75, 3.05) is 25.2 Å². The highest BCUT2D eigenvalue weighted by Gasteiger charge is 2.35. The Labute approximate surface area is 218 Å². The first-order valence-corrected chi connectivity index (χ1v) is 13.1. The molecule has 0 bridgehead atoms. The summed E-state index contributed by atoms with van der Waals surface area (Å²) in [6.45, 7) is 8.46. The molecule has 3 aromatic carbocycles. The zero-order valence-corrected chi connectivity index (χ0v) is 22.1. The molecule has 1 fully saturated rings. The van der Waals surface area contributed by atoms with Crippen molar-refractivity contribution in [3.63, 3.8) is 0 Å². The molecule has 4 aromatic rings. The summed E-state index contributed by atoms with van der Waals surface area (Å²) in [7, 11) is 1.64. The maximum atomic E-state index is 13.1. The van der Waals surface area contributed by atoms with Crippen LogP contribution < -0.4 is 14.4 Å². The van der Waals surface area contributed by atoms with Crippen LogP contribution in [0.3, 0.4) is 0 Å². The van der Waals surface area contributed by atoms with E-state index in [2.05, 4.69) is 49.6 Å². The number of ether oxygens (including phenoxy) is 2. The molecule has 1 atom stereocenters. The first-order chi connectivity index (χ1) is 18.0. The summed E-state index contributed by atoms with van der Waals surface area (Å²) < 4.78 is 14.1. The molecule has 2 heterocycles. The number of rotatable bonds is 9. The van der Waals surface area contributed by atoms with Gasteiger partial charge in [0.2, 0.25) is 5.91 Å². The predicted octanol–water partition coefficient (Wildman–Crippen LogP) is 6.47. The lowest BCUT2D eigenvalue weighted by molar-refractivity contribution is -0.117. The van der Waals surface area contributed by atoms with E-state index >= 15 is 0 Å². The molecule has 6 heteroatoms. The average molecular weight is 498 g/mol. The van der Waals surface area contributed by atoms with Crippen LogP contribution in [0.25, 0.3) is 11.0 Å². The lowest BCUT2D eigenvalue weighted by Crippen LogP contribution is -2.25. The van der Waals surface area contributed by atoms with Crippen LogP contribution in [0.1, 0.15) is 55.5 Å². The van der Waals surface area contributed by atoms with Crippen LogP contribution >= 0.6 is 0 Å². The monoisotopic (exact) mass is 497 g/mol. The van der Waals surface area contributed by atoms with Crippen LogP contribution in [0.4, 0.5) is 5.69 Å². The van der Waals surface area contributed by atoms with Crippen molar-refractivity contribution in [3.8, 4) is 11.5 Å². The van der Waals surface area contributed by atoms with Crippen LogP contribution in [0.15, 0.2) is 66.7 Å². The molecule has 1 amide bonds. The molecule has 0 aliphatic carbocycles. The maximum Gasteiger partial charge on any atom is 0.227 e. The normalized spacial score (nSPS) is 15.6. The second-order valence-electron chi connectivity index (χ2n) is 10.1. The summed E-state index contributed by atoms with van der Waals surface area (Å²) >= 11 is 0. The minimum absolute atomic E-state index is 0.00930. The SMILES string of the molecule is COc1ccccc1N1CC(c2nc3ccccc3n2CCCOc2cc(C)ccc2C(C)C)CC1=O. The van der Waals surface area contributed by atoms with E-state index in [0.29, 0.717) is 31.2 Å². The highest BCUT2D eigenvalue weighted by Crippen LogP contribution is 2.37. The van der Waals surface area contributed by atoms with Crippen LogP contribution in [-0.4, -0.2) is 35.7 Å². The number of anilines is 1. The lowest BCUT2D eigenvalue weighted by atomic mass is 10.0. The number of aromatic nitrogens is 2. The summed E-state index contributed by atoms with van der Waals surface area (Å²) in [5, 5.41) is 0. The van der Waals surface area contributed by atoms with Crippen molar-refractivity contribution in [3.05, 3.63) is 83.7 Å². The highest BCUT2D eigenvalue weighted by molar-refractivity contribution is 5.97. The number of hydrogen-bond acceptors (Lipinski definition) is 4. The Morgan fingerprint density at radius 1 is 1.03 bits per heavy atom. The summed E-state index contributed by atoms with van der Waals surface area (Å²) in [6.07, 6.45) is 1.27. The van der Waals surface area contributed by atoms with Crippen LogP contribution in [0.5, 0.6) is 11.5 Å². The van der Waals surface area contributed by atoms with Gasteiger partial charge < -0.3 is 18.9 Å². The summed E-state index contributed by atoms with van der Waals surface area (Å²) in [5.74, 6) is 3.15. The molecule has 0 radical (unpaired) electrons. The fraction of sp³-hybridized carbons (Fsp3) is 0.355. The Morgan fingerprint density at radius 2 is 1.81 bits per heavy atom. The Balaban J connectivity index is 1.35. The lowest BCUT2D eigenvalue weighted by Gasteiger charge is -2.20. The van der Waals surface area contributed by atoms with Gasteiger partial charge in [-0.1, -0.05) is 50.2 Å². The Morgan fingerprint density at radius 3 is 2.62 bits per heavy atom. The molecule has 0 spiro atoms. The molecular weight excluding hydrogens is 462 g/mol. The van der Waals surface area contributed by atoms with Gasteiger partial charge in [0.15, 0.2) is 0 Å². The van der Waals surface area contributed by atoms with E-state index in [4.69, 9.17) is 14.5 Å². The summed E-state index contributed by atoms with van der Waals surface area (Å²) in [6, 6.07) is 22.3. The van der Waals surface area contributed by atoms with Gasteiger partial charge in [0.1, 0.15) is 17.3 Å². The van der Waals surface area contributed by atoms with E-state index in [1.165, 1.54) is 11.1 Å². The first-order valence-electron chi connectivity index (χ1n) is 13.1. The van der Waals surface area contributed by atoms with Gasteiger partial charge in [-0.3, -0.25) is 4.79 Å². The van der Waals surface area contributed by atoms with Crippen molar-refractivity contribution >= 4 is 22.6 Å². The third-order valence-electron chi connectivity index (χ3n) is 7.12. The number of carbonyl (C=O) groups excluding carboxylic acids is 1. The van der Waals surface area contributed by atoms with Crippen molar-refractivity contribution in [1.29, 1.82) is 0 Å². The van der Waals surface area contributed by atoms with Gasteiger partial charge >= 0.3 is 0 Å². The number of fused-ring (bicyclic) bond motifs is 1. The quantitative estimate of drug-likeness (QED) is 0.249. The molecule has 6 nitrogen and oxygen atoms in total. The number of nitrogens with zero attached hydrogens (tertiary/aromatic N) is 3. The molecule has 1 aliphatic heterocycles. The van der Waals surface area contributed by atoms with Crippen molar-refractivity contribution in [2.24, 2.45) is 0 Å². The fourth-order valence-electron chi connectivity index (χ4n) is 5.26. The Hall–Kier alpha value is -3.80. The van der Waals surface area contributed by atoms with Crippen molar-refractivity contribution < 1.29 is 14.3 Å². The van der Waals surface area contributed by atoms with Gasteiger partial charge in [-0.15, -0.1) is 0 Å². The van der Waals surface area contributed by atoms with E-state index < -0.39 is 0 Å². The minimum atomic E-state index is 0.00930. The van der Waals surface area contributed by atoms with Crippen LogP contribution in [0.2, 0.25) is 0 Å². The van der Waals surface area contributed by atoms with Crippen molar-refractivity contribution in [2.45, 2.75) is 52.0 Å². The number of hydrogen-bond donors (Lipinski definition) is 0. The number of methoxy groups -OCH3 is 1. The molecule has 192 valence electrons. The second-order valence-corrected chi connectivity index (χ2v) is 10.1. The minimum Gasteiger partial charge on any atom is -0.495 e. The topological polar surface area (TPSA) is 56.6 Å². The Kier molecular flexibility index (Phi) is 7.17. The maximum absolute atomic E-state index is 13.1. The summed E-state index contributed by atoms with van der Waals surface area (Å²) in [4.78, 5) is 19.9. The molecule has 0 N–H and O–H groups in total. The highest BCUT2D eigenvalue weighted by atomic mass is 16.5. The Bertz CT molecular complexity index is 1410. The van der Waals surface area contributed by atoms with E-state index in [1.54, 1.807) is 7.11 Å². The van der Waals surface area contributed by atoms with E-state index in [-0.39, 0.29) is 11.8 Å². The van der Waals surface area contributed by atoms with Crippen LogP contribution in [0, 0.1) is 6.92 Å². The number of imidazole rings is 1. The zero-order chi connectivity index (χ0) is 25.9. The second kappa shape index (κ2) is 10.7. The molecule has 1 unspecified atom stereocenters. The van der Waals surface area contributed by atoms with Gasteiger partial charge in [0.05, 0.1) is 30.4 Å². The molecule has 1 aromatic heterocycles. The largest absolute Gasteiger partial charge is 0.495 e. The first kappa shape index (κ1) is 24.9. The standard InChI is InChI=1S/C31H35N3O3/c1-21(2)24-15-14-22(3)18-29(24)37-17-9-16-33-26-11-6-5-10-25(26)32-31(33)23-19-30(35)34(20-23)27-12-7-8-13-28(27)36-4/h5-8,10-15,18,21,23H,9,16-17,19-20H2,1-4H3. The van der Waals surface area contributed by atoms with Crippen molar-refractivity contribution in [1.82, 2.24) is 9.55 Å². The van der Waals surface area contributed by atoms with E-state index in [0.717, 1.165) is 41.3 Å².